The molecule has 0 aliphatic carbocycles. The number of carbonyl (C=O) groups is 1. The largest absolute Gasteiger partial charge is 0.446 e. The van der Waals surface area contributed by atoms with Crippen LogP contribution in [-0.2, 0) is 9.47 Å². The van der Waals surface area contributed by atoms with Crippen LogP contribution in [0.5, 0.6) is 0 Å². The van der Waals surface area contributed by atoms with Crippen LogP contribution in [0.2, 0.25) is 0 Å². The van der Waals surface area contributed by atoms with Gasteiger partial charge in [0.2, 0.25) is 0 Å². The summed E-state index contributed by atoms with van der Waals surface area (Å²) in [5.74, 6) is 0.423. The van der Waals surface area contributed by atoms with E-state index in [1.165, 1.54) is 0 Å². The van der Waals surface area contributed by atoms with Gasteiger partial charge in [-0.3, -0.25) is 0 Å². The van der Waals surface area contributed by atoms with Crippen LogP contribution in [0.25, 0.3) is 0 Å². The zero-order valence-corrected chi connectivity index (χ0v) is 9.79. The number of ether oxygens (including phenoxy) is 2. The summed E-state index contributed by atoms with van der Waals surface area (Å²) in [7, 11) is 0. The molecule has 1 fully saturated rings. The van der Waals surface area contributed by atoms with Crippen LogP contribution < -0.4 is 5.32 Å². The smallest absolute Gasteiger partial charge is 0.407 e. The van der Waals surface area contributed by atoms with Crippen LogP contribution in [0.15, 0.2) is 0 Å². The first kappa shape index (κ1) is 12.3. The van der Waals surface area contributed by atoms with Gasteiger partial charge in [-0.25, -0.2) is 4.79 Å². The maximum Gasteiger partial charge on any atom is 0.407 e. The van der Waals surface area contributed by atoms with Gasteiger partial charge >= 0.3 is 6.09 Å². The second kappa shape index (κ2) is 5.95. The van der Waals surface area contributed by atoms with Gasteiger partial charge < -0.3 is 14.8 Å². The van der Waals surface area contributed by atoms with E-state index in [2.05, 4.69) is 19.2 Å². The van der Waals surface area contributed by atoms with E-state index >= 15 is 0 Å². The molecule has 88 valence electrons. The fourth-order valence-corrected chi connectivity index (χ4v) is 1.33. The van der Waals surface area contributed by atoms with Crippen molar-refractivity contribution in [2.75, 3.05) is 13.2 Å². The van der Waals surface area contributed by atoms with E-state index in [0.717, 1.165) is 12.8 Å². The molecule has 1 amide bonds. The Kier molecular flexibility index (Phi) is 4.88. The molecule has 0 saturated carbocycles. The van der Waals surface area contributed by atoms with Crippen LogP contribution in [0.3, 0.4) is 0 Å². The lowest BCUT2D eigenvalue weighted by molar-refractivity contribution is 0.000558. The number of hydrogen-bond donors (Lipinski definition) is 1. The maximum atomic E-state index is 11.5. The van der Waals surface area contributed by atoms with Crippen LogP contribution >= 0.6 is 0 Å². The molecule has 0 aromatic carbocycles. The normalized spacial score (nSPS) is 20.0. The first-order valence-corrected chi connectivity index (χ1v) is 5.64. The first-order chi connectivity index (χ1) is 7.09. The van der Waals surface area contributed by atoms with Crippen LogP contribution in [-0.4, -0.2) is 31.5 Å². The van der Waals surface area contributed by atoms with E-state index < -0.39 is 0 Å². The van der Waals surface area contributed by atoms with Crippen LogP contribution in [0.1, 0.15) is 33.6 Å². The Labute approximate surface area is 91.3 Å². The molecule has 1 saturated heterocycles. The van der Waals surface area contributed by atoms with Crippen molar-refractivity contribution in [3.05, 3.63) is 0 Å². The van der Waals surface area contributed by atoms with Gasteiger partial charge in [0.25, 0.3) is 0 Å². The van der Waals surface area contributed by atoms with Crippen molar-refractivity contribution >= 4 is 6.09 Å². The minimum atomic E-state index is -0.303. The van der Waals surface area contributed by atoms with E-state index in [9.17, 15) is 4.79 Å². The Balaban J connectivity index is 2.22. The van der Waals surface area contributed by atoms with Gasteiger partial charge in [0.1, 0.15) is 6.10 Å². The Morgan fingerprint density at radius 1 is 1.33 bits per heavy atom. The van der Waals surface area contributed by atoms with Gasteiger partial charge in [-0.15, -0.1) is 0 Å². The molecule has 0 aromatic heterocycles. The number of amides is 1. The predicted octanol–water partition coefficient (Wildman–Crippen LogP) is 1.94. The molecule has 15 heavy (non-hydrogen) atoms. The quantitative estimate of drug-likeness (QED) is 0.782. The molecule has 0 aromatic rings. The van der Waals surface area contributed by atoms with E-state index in [1.807, 2.05) is 6.92 Å². The number of carbonyl (C=O) groups excluding carboxylic acids is 1. The third kappa shape index (κ3) is 4.51. The third-order valence-electron chi connectivity index (χ3n) is 2.79. The van der Waals surface area contributed by atoms with E-state index in [1.54, 1.807) is 0 Å². The monoisotopic (exact) mass is 215 g/mol. The highest BCUT2D eigenvalue weighted by Crippen LogP contribution is 2.11. The average Bonchev–Trinajstić information content (AvgIpc) is 2.18. The highest BCUT2D eigenvalue weighted by atomic mass is 16.6. The second-order valence-electron chi connectivity index (χ2n) is 4.39. The SMILES string of the molecule is CC(C)[C@@H](C)NC(=O)OC1CCOCC1. The molecule has 0 unspecified atom stereocenters. The molecule has 4 nitrogen and oxygen atoms in total. The van der Waals surface area contributed by atoms with E-state index in [-0.39, 0.29) is 18.2 Å². The molecule has 1 N–H and O–H groups in total. The zero-order chi connectivity index (χ0) is 11.3. The molecular weight excluding hydrogens is 194 g/mol. The summed E-state index contributed by atoms with van der Waals surface area (Å²) in [6, 6.07) is 0.150. The molecule has 1 rings (SSSR count). The van der Waals surface area contributed by atoms with Crippen molar-refractivity contribution < 1.29 is 14.3 Å². The van der Waals surface area contributed by atoms with E-state index in [0.29, 0.717) is 19.1 Å². The summed E-state index contributed by atoms with van der Waals surface area (Å²) in [6.07, 6.45) is 1.34. The summed E-state index contributed by atoms with van der Waals surface area (Å²) >= 11 is 0. The fourth-order valence-electron chi connectivity index (χ4n) is 1.33. The minimum Gasteiger partial charge on any atom is -0.446 e. The van der Waals surface area contributed by atoms with Gasteiger partial charge in [-0.05, 0) is 12.8 Å². The number of alkyl carbamates (subject to hydrolysis) is 1. The molecular formula is C11H21NO3. The highest BCUT2D eigenvalue weighted by molar-refractivity contribution is 5.67. The van der Waals surface area contributed by atoms with E-state index in [4.69, 9.17) is 9.47 Å². The molecule has 0 spiro atoms. The first-order valence-electron chi connectivity index (χ1n) is 5.64. The zero-order valence-electron chi connectivity index (χ0n) is 9.79. The van der Waals surface area contributed by atoms with Gasteiger partial charge in [0.05, 0.1) is 13.2 Å². The maximum absolute atomic E-state index is 11.5. The molecule has 1 aliphatic heterocycles. The number of nitrogens with one attached hydrogen (secondary N) is 1. The van der Waals surface area contributed by atoms with Crippen molar-refractivity contribution in [2.24, 2.45) is 5.92 Å². The molecule has 0 bridgehead atoms. The molecule has 1 heterocycles. The number of hydrogen-bond acceptors (Lipinski definition) is 3. The van der Waals surface area contributed by atoms with Crippen LogP contribution in [0.4, 0.5) is 4.79 Å². The lowest BCUT2D eigenvalue weighted by Crippen LogP contribution is -2.39. The molecule has 1 atom stereocenters. The standard InChI is InChI=1S/C11H21NO3/c1-8(2)9(3)12-11(13)15-10-4-6-14-7-5-10/h8-10H,4-7H2,1-3H3,(H,12,13)/t9-/m1/s1. The Bertz CT molecular complexity index is 200. The van der Waals surface area contributed by atoms with Gasteiger partial charge in [0, 0.05) is 18.9 Å². The van der Waals surface area contributed by atoms with Gasteiger partial charge in [-0.1, -0.05) is 13.8 Å². The van der Waals surface area contributed by atoms with Gasteiger partial charge in [-0.2, -0.15) is 0 Å². The fraction of sp³-hybridized carbons (Fsp3) is 0.909. The van der Waals surface area contributed by atoms with Crippen molar-refractivity contribution in [1.82, 2.24) is 5.32 Å². The lowest BCUT2D eigenvalue weighted by Gasteiger charge is -2.24. The molecule has 0 radical (unpaired) electrons. The average molecular weight is 215 g/mol. The number of rotatable bonds is 3. The van der Waals surface area contributed by atoms with Crippen molar-refractivity contribution in [3.8, 4) is 0 Å². The van der Waals surface area contributed by atoms with Crippen molar-refractivity contribution in [3.63, 3.8) is 0 Å². The summed E-state index contributed by atoms with van der Waals surface area (Å²) < 4.78 is 10.5. The Morgan fingerprint density at radius 3 is 2.47 bits per heavy atom. The molecule has 4 heteroatoms. The minimum absolute atomic E-state index is 0.0260. The van der Waals surface area contributed by atoms with Crippen molar-refractivity contribution in [1.29, 1.82) is 0 Å². The van der Waals surface area contributed by atoms with Gasteiger partial charge in [0.15, 0.2) is 0 Å². The Hall–Kier alpha value is -0.770. The summed E-state index contributed by atoms with van der Waals surface area (Å²) in [6.45, 7) is 7.50. The highest BCUT2D eigenvalue weighted by Gasteiger charge is 2.19. The predicted molar refractivity (Wildman–Crippen MR) is 57.8 cm³/mol. The van der Waals surface area contributed by atoms with Crippen molar-refractivity contribution in [2.45, 2.75) is 45.8 Å². The third-order valence-corrected chi connectivity index (χ3v) is 2.79. The molecule has 1 aliphatic rings. The Morgan fingerprint density at radius 2 is 1.93 bits per heavy atom. The summed E-state index contributed by atoms with van der Waals surface area (Å²) in [5, 5.41) is 2.82. The van der Waals surface area contributed by atoms with Crippen LogP contribution in [0, 0.1) is 5.92 Å². The summed E-state index contributed by atoms with van der Waals surface area (Å²) in [5.41, 5.74) is 0. The summed E-state index contributed by atoms with van der Waals surface area (Å²) in [4.78, 5) is 11.5. The second-order valence-corrected chi connectivity index (χ2v) is 4.39. The topological polar surface area (TPSA) is 47.6 Å². The lowest BCUT2D eigenvalue weighted by atomic mass is 10.1.